The predicted molar refractivity (Wildman–Crippen MR) is 64.6 cm³/mol. The zero-order valence-corrected chi connectivity index (χ0v) is 10.5. The maximum Gasteiger partial charge on any atom is 0.303 e. The minimum absolute atomic E-state index is 0.151. The average Bonchev–Trinajstić information content (AvgIpc) is 2.76. The van der Waals surface area contributed by atoms with Crippen molar-refractivity contribution in [2.24, 2.45) is 0 Å². The van der Waals surface area contributed by atoms with Crippen LogP contribution in [0.5, 0.6) is 0 Å². The SMILES string of the molecule is CN(C(=O)CCCCC(=O)O)C1CCSC1. The molecular formula is C11H19NO3S. The Morgan fingerprint density at radius 2 is 2.06 bits per heavy atom. The van der Waals surface area contributed by atoms with E-state index in [-0.39, 0.29) is 12.3 Å². The van der Waals surface area contributed by atoms with Gasteiger partial charge in [0.05, 0.1) is 0 Å². The Kier molecular flexibility index (Phi) is 5.66. The molecule has 4 nitrogen and oxygen atoms in total. The van der Waals surface area contributed by atoms with Crippen LogP contribution in [0.1, 0.15) is 32.1 Å². The number of unbranched alkanes of at least 4 members (excludes halogenated alkanes) is 1. The van der Waals surface area contributed by atoms with Crippen LogP contribution < -0.4 is 0 Å². The lowest BCUT2D eigenvalue weighted by atomic mass is 10.1. The Morgan fingerprint density at radius 1 is 1.38 bits per heavy atom. The smallest absolute Gasteiger partial charge is 0.303 e. The molecule has 0 aromatic heterocycles. The summed E-state index contributed by atoms with van der Waals surface area (Å²) in [6.07, 6.45) is 2.99. The molecule has 1 heterocycles. The number of carboxylic acids is 1. The highest BCUT2D eigenvalue weighted by Crippen LogP contribution is 2.22. The largest absolute Gasteiger partial charge is 0.481 e. The molecule has 1 atom stereocenters. The fraction of sp³-hybridized carbons (Fsp3) is 0.818. The monoisotopic (exact) mass is 245 g/mol. The summed E-state index contributed by atoms with van der Waals surface area (Å²) in [6.45, 7) is 0. The number of thioether (sulfide) groups is 1. The van der Waals surface area contributed by atoms with Crippen molar-refractivity contribution in [3.8, 4) is 0 Å². The lowest BCUT2D eigenvalue weighted by Gasteiger charge is -2.23. The van der Waals surface area contributed by atoms with Gasteiger partial charge in [0.2, 0.25) is 5.91 Å². The van der Waals surface area contributed by atoms with E-state index in [0.717, 1.165) is 17.9 Å². The van der Waals surface area contributed by atoms with E-state index in [1.807, 2.05) is 23.7 Å². The maximum absolute atomic E-state index is 11.7. The molecule has 1 fully saturated rings. The van der Waals surface area contributed by atoms with Crippen LogP contribution in [-0.2, 0) is 9.59 Å². The highest BCUT2D eigenvalue weighted by atomic mass is 32.2. The van der Waals surface area contributed by atoms with Crippen molar-refractivity contribution in [2.75, 3.05) is 18.6 Å². The molecule has 1 aliphatic rings. The van der Waals surface area contributed by atoms with E-state index in [9.17, 15) is 9.59 Å². The molecule has 0 bridgehead atoms. The van der Waals surface area contributed by atoms with E-state index in [4.69, 9.17) is 5.11 Å². The summed E-state index contributed by atoms with van der Waals surface area (Å²) in [5, 5.41) is 8.46. The summed E-state index contributed by atoms with van der Waals surface area (Å²) in [7, 11) is 1.86. The molecule has 0 saturated carbocycles. The second kappa shape index (κ2) is 6.78. The molecule has 0 radical (unpaired) electrons. The summed E-state index contributed by atoms with van der Waals surface area (Å²) >= 11 is 1.89. The topological polar surface area (TPSA) is 57.6 Å². The molecule has 1 N–H and O–H groups in total. The molecule has 1 amide bonds. The molecule has 1 saturated heterocycles. The third kappa shape index (κ3) is 4.43. The Bertz CT molecular complexity index is 252. The van der Waals surface area contributed by atoms with Crippen LogP contribution in [0.15, 0.2) is 0 Å². The third-order valence-corrected chi connectivity index (χ3v) is 4.02. The quantitative estimate of drug-likeness (QED) is 0.722. The second-order valence-corrected chi connectivity index (χ2v) is 5.27. The van der Waals surface area contributed by atoms with Gasteiger partial charge in [0.25, 0.3) is 0 Å². The van der Waals surface area contributed by atoms with Gasteiger partial charge in [-0.1, -0.05) is 0 Å². The van der Waals surface area contributed by atoms with Gasteiger partial charge in [0, 0.05) is 31.7 Å². The van der Waals surface area contributed by atoms with Gasteiger partial charge in [0.15, 0.2) is 0 Å². The summed E-state index contributed by atoms with van der Waals surface area (Å²) < 4.78 is 0. The van der Waals surface area contributed by atoms with Gasteiger partial charge in [-0.3, -0.25) is 9.59 Å². The minimum Gasteiger partial charge on any atom is -0.481 e. The zero-order chi connectivity index (χ0) is 12.0. The third-order valence-electron chi connectivity index (χ3n) is 2.88. The van der Waals surface area contributed by atoms with Crippen molar-refractivity contribution in [3.05, 3.63) is 0 Å². The molecule has 16 heavy (non-hydrogen) atoms. The molecule has 1 rings (SSSR count). The number of carbonyl (C=O) groups is 2. The summed E-state index contributed by atoms with van der Waals surface area (Å²) in [6, 6.07) is 0.386. The van der Waals surface area contributed by atoms with Crippen molar-refractivity contribution in [3.63, 3.8) is 0 Å². The van der Waals surface area contributed by atoms with E-state index in [0.29, 0.717) is 25.3 Å². The number of nitrogens with zero attached hydrogens (tertiary/aromatic N) is 1. The van der Waals surface area contributed by atoms with E-state index >= 15 is 0 Å². The maximum atomic E-state index is 11.7. The number of hydrogen-bond donors (Lipinski definition) is 1. The molecule has 5 heteroatoms. The number of hydrogen-bond acceptors (Lipinski definition) is 3. The van der Waals surface area contributed by atoms with Gasteiger partial charge in [-0.2, -0.15) is 11.8 Å². The Labute approximate surface area is 100 Å². The lowest BCUT2D eigenvalue weighted by Crippen LogP contribution is -2.36. The standard InChI is InChI=1S/C11H19NO3S/c1-12(9-6-7-16-8-9)10(13)4-2-3-5-11(14)15/h9H,2-8H2,1H3,(H,14,15). The highest BCUT2D eigenvalue weighted by Gasteiger charge is 2.23. The Hall–Kier alpha value is -0.710. The van der Waals surface area contributed by atoms with Crippen molar-refractivity contribution in [1.82, 2.24) is 4.90 Å². The van der Waals surface area contributed by atoms with Gasteiger partial charge in [-0.15, -0.1) is 0 Å². The molecule has 92 valence electrons. The summed E-state index contributed by atoms with van der Waals surface area (Å²) in [5.41, 5.74) is 0. The first kappa shape index (κ1) is 13.4. The van der Waals surface area contributed by atoms with Gasteiger partial charge in [-0.05, 0) is 25.0 Å². The van der Waals surface area contributed by atoms with Crippen LogP contribution in [-0.4, -0.2) is 46.5 Å². The molecule has 1 unspecified atom stereocenters. The van der Waals surface area contributed by atoms with Gasteiger partial charge < -0.3 is 10.0 Å². The highest BCUT2D eigenvalue weighted by molar-refractivity contribution is 7.99. The van der Waals surface area contributed by atoms with E-state index in [2.05, 4.69) is 0 Å². The van der Waals surface area contributed by atoms with Crippen molar-refractivity contribution >= 4 is 23.6 Å². The minimum atomic E-state index is -0.784. The van der Waals surface area contributed by atoms with Crippen LogP contribution in [0.3, 0.4) is 0 Å². The van der Waals surface area contributed by atoms with Crippen LogP contribution in [0.4, 0.5) is 0 Å². The Morgan fingerprint density at radius 3 is 2.62 bits per heavy atom. The number of rotatable bonds is 6. The first-order chi connectivity index (χ1) is 7.61. The lowest BCUT2D eigenvalue weighted by molar-refractivity contribution is -0.137. The van der Waals surface area contributed by atoms with E-state index in [1.54, 1.807) is 0 Å². The van der Waals surface area contributed by atoms with Crippen LogP contribution in [0.2, 0.25) is 0 Å². The normalized spacial score (nSPS) is 19.7. The molecular weight excluding hydrogens is 226 g/mol. The Balaban J connectivity index is 2.15. The van der Waals surface area contributed by atoms with Crippen molar-refractivity contribution in [2.45, 2.75) is 38.1 Å². The van der Waals surface area contributed by atoms with Crippen LogP contribution in [0, 0.1) is 0 Å². The number of carbonyl (C=O) groups excluding carboxylic acids is 1. The number of amides is 1. The molecule has 1 aliphatic heterocycles. The number of carboxylic acid groups (broad SMARTS) is 1. The molecule has 0 aliphatic carbocycles. The first-order valence-corrected chi connectivity index (χ1v) is 6.82. The second-order valence-electron chi connectivity index (χ2n) is 4.12. The average molecular weight is 245 g/mol. The van der Waals surface area contributed by atoms with Crippen LogP contribution in [0.25, 0.3) is 0 Å². The zero-order valence-electron chi connectivity index (χ0n) is 9.65. The molecule has 0 spiro atoms. The molecule has 0 aromatic carbocycles. The summed E-state index contributed by atoms with van der Waals surface area (Å²) in [4.78, 5) is 23.9. The predicted octanol–water partition coefficient (Wildman–Crippen LogP) is 1.60. The van der Waals surface area contributed by atoms with E-state index in [1.165, 1.54) is 0 Å². The van der Waals surface area contributed by atoms with Gasteiger partial charge in [-0.25, -0.2) is 0 Å². The molecule has 0 aromatic rings. The fourth-order valence-electron chi connectivity index (χ4n) is 1.76. The van der Waals surface area contributed by atoms with Gasteiger partial charge in [0.1, 0.15) is 0 Å². The van der Waals surface area contributed by atoms with Crippen LogP contribution >= 0.6 is 11.8 Å². The summed E-state index contributed by atoms with van der Waals surface area (Å²) in [5.74, 6) is 1.55. The van der Waals surface area contributed by atoms with Crippen molar-refractivity contribution < 1.29 is 14.7 Å². The first-order valence-electron chi connectivity index (χ1n) is 5.66. The van der Waals surface area contributed by atoms with Gasteiger partial charge >= 0.3 is 5.97 Å². The fourth-order valence-corrected chi connectivity index (χ4v) is 3.03. The van der Waals surface area contributed by atoms with Crippen molar-refractivity contribution in [1.29, 1.82) is 0 Å². The van der Waals surface area contributed by atoms with E-state index < -0.39 is 5.97 Å². The number of aliphatic carboxylic acids is 1.